The third-order valence-electron chi connectivity index (χ3n) is 4.88. The van der Waals surface area contributed by atoms with E-state index in [1.54, 1.807) is 31.2 Å². The number of amides is 1. The van der Waals surface area contributed by atoms with E-state index in [4.69, 9.17) is 4.74 Å². The van der Waals surface area contributed by atoms with Crippen molar-refractivity contribution in [2.24, 2.45) is 4.40 Å². The number of anilines is 1. The van der Waals surface area contributed by atoms with Crippen molar-refractivity contribution in [3.8, 4) is 5.75 Å². The van der Waals surface area contributed by atoms with Crippen molar-refractivity contribution < 1.29 is 17.9 Å². The minimum Gasteiger partial charge on any atom is -0.481 e. The van der Waals surface area contributed by atoms with Gasteiger partial charge in [-0.2, -0.15) is 8.42 Å². The topological polar surface area (TPSA) is 88.1 Å². The molecule has 1 fully saturated rings. The third kappa shape index (κ3) is 5.82. The predicted molar refractivity (Wildman–Crippen MR) is 117 cm³/mol. The van der Waals surface area contributed by atoms with Gasteiger partial charge in [0.25, 0.3) is 15.9 Å². The molecule has 0 saturated carbocycles. The minimum absolute atomic E-state index is 0.0436. The van der Waals surface area contributed by atoms with E-state index in [1.165, 1.54) is 12.1 Å². The maximum Gasteiger partial charge on any atom is 0.284 e. The van der Waals surface area contributed by atoms with Gasteiger partial charge in [0.15, 0.2) is 6.10 Å². The van der Waals surface area contributed by atoms with Crippen molar-refractivity contribution in [1.82, 2.24) is 4.90 Å². The number of nitrogens with one attached hydrogen (secondary N) is 1. The van der Waals surface area contributed by atoms with E-state index in [-0.39, 0.29) is 10.8 Å². The molecule has 1 aliphatic rings. The molecule has 0 aromatic heterocycles. The Kier molecular flexibility index (Phi) is 7.10. The van der Waals surface area contributed by atoms with Crippen LogP contribution in [0, 0.1) is 0 Å². The molecule has 1 N–H and O–H groups in total. The largest absolute Gasteiger partial charge is 0.481 e. The van der Waals surface area contributed by atoms with Crippen molar-refractivity contribution >= 4 is 27.5 Å². The molecule has 1 aliphatic heterocycles. The van der Waals surface area contributed by atoms with Gasteiger partial charge in [-0.15, -0.1) is 4.40 Å². The number of likely N-dealkylation sites (tertiary alicyclic amines) is 1. The fourth-order valence-corrected chi connectivity index (χ4v) is 4.31. The van der Waals surface area contributed by atoms with Gasteiger partial charge in [0.2, 0.25) is 0 Å². The molecule has 160 valence electrons. The molecule has 0 spiro atoms. The lowest BCUT2D eigenvalue weighted by Crippen LogP contribution is -2.30. The summed E-state index contributed by atoms with van der Waals surface area (Å²) >= 11 is 0. The lowest BCUT2D eigenvalue weighted by molar-refractivity contribution is -0.122. The van der Waals surface area contributed by atoms with E-state index in [9.17, 15) is 13.2 Å². The van der Waals surface area contributed by atoms with Crippen LogP contribution in [-0.2, 0) is 14.8 Å². The Morgan fingerprint density at radius 3 is 2.63 bits per heavy atom. The molecule has 0 radical (unpaired) electrons. The Bertz CT molecular complexity index is 1010. The van der Waals surface area contributed by atoms with Gasteiger partial charge < -0.3 is 15.0 Å². The standard InChI is InChI=1S/C22H27N3O4S/c1-17(29-19-11-5-3-6-12-19)22(26)23-18-10-9-13-20(16-18)30(27,28)24-21-14-7-4-8-15-25(21)2/h3,5-6,9-13,16-17H,4,7-8,14-15H2,1-2H3,(H,23,26)/t17-/m0/s1. The summed E-state index contributed by atoms with van der Waals surface area (Å²) in [4.78, 5) is 14.4. The number of carbonyl (C=O) groups is 1. The van der Waals surface area contributed by atoms with Crippen molar-refractivity contribution in [1.29, 1.82) is 0 Å². The zero-order valence-electron chi connectivity index (χ0n) is 17.2. The van der Waals surface area contributed by atoms with Gasteiger partial charge in [-0.1, -0.05) is 30.7 Å². The molecule has 8 heteroatoms. The normalized spacial score (nSPS) is 17.3. The molecular weight excluding hydrogens is 402 g/mol. The quantitative estimate of drug-likeness (QED) is 0.757. The van der Waals surface area contributed by atoms with Gasteiger partial charge in [-0.25, -0.2) is 0 Å². The molecule has 0 aliphatic carbocycles. The highest BCUT2D eigenvalue weighted by Gasteiger charge is 2.20. The number of benzene rings is 2. The average molecular weight is 430 g/mol. The van der Waals surface area contributed by atoms with Crippen LogP contribution >= 0.6 is 0 Å². The molecule has 2 aromatic carbocycles. The smallest absolute Gasteiger partial charge is 0.284 e. The minimum atomic E-state index is -3.87. The van der Waals surface area contributed by atoms with Gasteiger partial charge in [-0.05, 0) is 50.1 Å². The summed E-state index contributed by atoms with van der Waals surface area (Å²) in [6.07, 6.45) is 2.91. The molecular formula is C22H27N3O4S. The van der Waals surface area contributed by atoms with Crippen LogP contribution in [0.1, 0.15) is 32.6 Å². The van der Waals surface area contributed by atoms with Gasteiger partial charge in [0, 0.05) is 25.7 Å². The molecule has 1 atom stereocenters. The second-order valence-electron chi connectivity index (χ2n) is 7.31. The highest BCUT2D eigenvalue weighted by atomic mass is 32.2. The lowest BCUT2D eigenvalue weighted by atomic mass is 10.2. The number of nitrogens with zero attached hydrogens (tertiary/aromatic N) is 2. The number of para-hydroxylation sites is 1. The number of ether oxygens (including phenoxy) is 1. The summed E-state index contributed by atoms with van der Waals surface area (Å²) < 4.78 is 35.3. The predicted octanol–water partition coefficient (Wildman–Crippen LogP) is 3.69. The summed E-state index contributed by atoms with van der Waals surface area (Å²) in [5, 5.41) is 2.71. The van der Waals surface area contributed by atoms with E-state index in [0.717, 1.165) is 25.8 Å². The maximum absolute atomic E-state index is 12.8. The van der Waals surface area contributed by atoms with Crippen molar-refractivity contribution in [3.05, 3.63) is 54.6 Å². The first kappa shape index (κ1) is 21.8. The van der Waals surface area contributed by atoms with E-state index >= 15 is 0 Å². The van der Waals surface area contributed by atoms with Crippen LogP contribution in [0.5, 0.6) is 5.75 Å². The number of sulfonamides is 1. The first-order valence-corrected chi connectivity index (χ1v) is 11.5. The fraction of sp³-hybridized carbons (Fsp3) is 0.364. The SMILES string of the molecule is C[C@H](Oc1ccccc1)C(=O)Nc1cccc(S(=O)(=O)N=C2CCCCCN2C)c1. The summed E-state index contributed by atoms with van der Waals surface area (Å²) in [5.41, 5.74) is 0.374. The first-order chi connectivity index (χ1) is 14.3. The van der Waals surface area contributed by atoms with Gasteiger partial charge in [-0.3, -0.25) is 4.79 Å². The zero-order chi connectivity index (χ0) is 21.6. The van der Waals surface area contributed by atoms with Gasteiger partial charge in [0.1, 0.15) is 11.6 Å². The summed E-state index contributed by atoms with van der Waals surface area (Å²) in [7, 11) is -2.01. The van der Waals surface area contributed by atoms with Crippen LogP contribution in [0.4, 0.5) is 5.69 Å². The molecule has 1 amide bonds. The monoisotopic (exact) mass is 429 g/mol. The lowest BCUT2D eigenvalue weighted by Gasteiger charge is -2.18. The van der Waals surface area contributed by atoms with Crippen molar-refractivity contribution in [2.45, 2.75) is 43.6 Å². The highest BCUT2D eigenvalue weighted by molar-refractivity contribution is 7.90. The van der Waals surface area contributed by atoms with Crippen LogP contribution in [0.3, 0.4) is 0 Å². The Morgan fingerprint density at radius 2 is 1.87 bits per heavy atom. The van der Waals surface area contributed by atoms with Crippen LogP contribution in [0.2, 0.25) is 0 Å². The van der Waals surface area contributed by atoms with Crippen molar-refractivity contribution in [2.75, 3.05) is 18.9 Å². The molecule has 0 bridgehead atoms. The van der Waals surface area contributed by atoms with E-state index in [1.807, 2.05) is 30.1 Å². The maximum atomic E-state index is 12.8. The van der Waals surface area contributed by atoms with Crippen LogP contribution in [0.25, 0.3) is 0 Å². The molecule has 2 aromatic rings. The Labute approximate surface area is 177 Å². The fourth-order valence-electron chi connectivity index (χ4n) is 3.17. The molecule has 3 rings (SSSR count). The number of rotatable bonds is 6. The number of amidine groups is 1. The molecule has 7 nitrogen and oxygen atoms in total. The number of hydrogen-bond acceptors (Lipinski definition) is 4. The van der Waals surface area contributed by atoms with Gasteiger partial charge in [0.05, 0.1) is 4.90 Å². The van der Waals surface area contributed by atoms with Gasteiger partial charge >= 0.3 is 0 Å². The second kappa shape index (κ2) is 9.75. The molecule has 1 saturated heterocycles. The van der Waals surface area contributed by atoms with Crippen LogP contribution < -0.4 is 10.1 Å². The average Bonchev–Trinajstić information content (AvgIpc) is 2.93. The summed E-state index contributed by atoms with van der Waals surface area (Å²) in [5.74, 6) is 0.787. The Hall–Kier alpha value is -2.87. The number of carbonyl (C=O) groups excluding carboxylic acids is 1. The van der Waals surface area contributed by atoms with Crippen LogP contribution in [0.15, 0.2) is 63.9 Å². The van der Waals surface area contributed by atoms with E-state index in [0.29, 0.717) is 23.7 Å². The highest BCUT2D eigenvalue weighted by Crippen LogP contribution is 2.20. The molecule has 0 unspecified atom stereocenters. The first-order valence-electron chi connectivity index (χ1n) is 10.0. The van der Waals surface area contributed by atoms with Crippen molar-refractivity contribution in [3.63, 3.8) is 0 Å². The number of hydrogen-bond donors (Lipinski definition) is 1. The van der Waals surface area contributed by atoms with Crippen LogP contribution in [-0.4, -0.2) is 44.8 Å². The zero-order valence-corrected chi connectivity index (χ0v) is 18.1. The summed E-state index contributed by atoms with van der Waals surface area (Å²) in [6.45, 7) is 2.43. The molecule has 1 heterocycles. The summed E-state index contributed by atoms with van der Waals surface area (Å²) in [6, 6.07) is 15.2. The Balaban J connectivity index is 1.72. The third-order valence-corrected chi connectivity index (χ3v) is 6.19. The van der Waals surface area contributed by atoms with E-state index in [2.05, 4.69) is 9.71 Å². The van der Waals surface area contributed by atoms with E-state index < -0.39 is 16.1 Å². The Morgan fingerprint density at radius 1 is 1.10 bits per heavy atom. The molecule has 30 heavy (non-hydrogen) atoms. The second-order valence-corrected chi connectivity index (χ2v) is 8.91.